The van der Waals surface area contributed by atoms with Crippen molar-refractivity contribution in [1.29, 1.82) is 0 Å². The summed E-state index contributed by atoms with van der Waals surface area (Å²) in [6.45, 7) is 2.98. The van der Waals surface area contributed by atoms with Crippen LogP contribution in [0.4, 0.5) is 10.1 Å². The maximum atomic E-state index is 13.6. The summed E-state index contributed by atoms with van der Waals surface area (Å²) in [5, 5.41) is 5.76. The molecule has 0 spiro atoms. The topological polar surface area (TPSA) is 78.8 Å². The number of hydrogen-bond acceptors (Lipinski definition) is 4. The Morgan fingerprint density at radius 2 is 1.96 bits per heavy atom. The molecule has 1 atom stereocenters. The van der Waals surface area contributed by atoms with Crippen LogP contribution in [0.15, 0.2) is 53.6 Å². The van der Waals surface area contributed by atoms with Gasteiger partial charge in [0.25, 0.3) is 0 Å². The molecule has 1 aliphatic rings. The van der Waals surface area contributed by atoms with Crippen LogP contribution >= 0.6 is 0 Å². The molecule has 142 valence electrons. The minimum absolute atomic E-state index is 0.00958. The highest BCUT2D eigenvalue weighted by Gasteiger charge is 2.31. The number of nitrogens with one attached hydrogen (secondary N) is 1. The van der Waals surface area contributed by atoms with E-state index in [9.17, 15) is 17.6 Å². The molecule has 2 aromatic carbocycles. The minimum atomic E-state index is -3.34. The molecule has 1 aliphatic heterocycles. The number of rotatable bonds is 5. The monoisotopic (exact) mass is 389 g/mol. The van der Waals surface area contributed by atoms with Crippen LogP contribution in [0.5, 0.6) is 0 Å². The predicted octanol–water partition coefficient (Wildman–Crippen LogP) is 3.28. The Hall–Kier alpha value is -2.74. The quantitative estimate of drug-likeness (QED) is 0.852. The number of nitrogens with zero attached hydrogens (tertiary/aromatic N) is 2. The lowest BCUT2D eigenvalue weighted by molar-refractivity contribution is -0.130. The van der Waals surface area contributed by atoms with Gasteiger partial charge in [-0.05, 0) is 42.3 Å². The molecule has 1 amide bonds. The minimum Gasteiger partial charge on any atom is -0.284 e. The summed E-state index contributed by atoms with van der Waals surface area (Å²) in [6.07, 6.45) is 0.447. The van der Waals surface area contributed by atoms with Crippen LogP contribution in [0.25, 0.3) is 0 Å². The van der Waals surface area contributed by atoms with Gasteiger partial charge in [0.1, 0.15) is 5.82 Å². The van der Waals surface area contributed by atoms with Crippen molar-refractivity contribution in [2.24, 2.45) is 5.10 Å². The molecule has 8 heteroatoms. The highest BCUT2D eigenvalue weighted by atomic mass is 32.2. The van der Waals surface area contributed by atoms with Crippen molar-refractivity contribution in [3.8, 4) is 0 Å². The number of halogens is 1. The van der Waals surface area contributed by atoms with E-state index in [0.717, 1.165) is 5.56 Å². The number of carbonyl (C=O) groups excluding carboxylic acids is 1. The predicted molar refractivity (Wildman–Crippen MR) is 102 cm³/mol. The largest absolute Gasteiger partial charge is 0.284 e. The summed E-state index contributed by atoms with van der Waals surface area (Å²) in [5.74, 6) is -0.603. The zero-order chi connectivity index (χ0) is 19.6. The Labute approximate surface area is 157 Å². The number of sulfonamides is 1. The molecule has 1 heterocycles. The SMILES string of the molecule is CCS(=O)(=O)Nc1ccc(C2=NN(C(C)=O)C(c3cccc(F)c3)C2)cc1. The Morgan fingerprint density at radius 1 is 1.26 bits per heavy atom. The molecular weight excluding hydrogens is 369 g/mol. The van der Waals surface area contributed by atoms with Crippen molar-refractivity contribution in [2.75, 3.05) is 10.5 Å². The molecular formula is C19H20FN3O3S. The normalized spacial score (nSPS) is 16.9. The Morgan fingerprint density at radius 3 is 2.56 bits per heavy atom. The average molecular weight is 389 g/mol. The Bertz CT molecular complexity index is 988. The lowest BCUT2D eigenvalue weighted by Crippen LogP contribution is -2.24. The fourth-order valence-electron chi connectivity index (χ4n) is 2.93. The summed E-state index contributed by atoms with van der Waals surface area (Å²) in [6, 6.07) is 12.6. The molecule has 3 rings (SSSR count). The van der Waals surface area contributed by atoms with Crippen LogP contribution in [0.3, 0.4) is 0 Å². The first-order valence-corrected chi connectivity index (χ1v) is 10.2. The lowest BCUT2D eigenvalue weighted by atomic mass is 9.98. The maximum absolute atomic E-state index is 13.6. The van der Waals surface area contributed by atoms with E-state index in [4.69, 9.17) is 0 Å². The lowest BCUT2D eigenvalue weighted by Gasteiger charge is -2.20. The van der Waals surface area contributed by atoms with Gasteiger partial charge in [-0.15, -0.1) is 0 Å². The maximum Gasteiger partial charge on any atom is 0.240 e. The third-order valence-electron chi connectivity index (χ3n) is 4.34. The number of hydrazone groups is 1. The van der Waals surface area contributed by atoms with Crippen LogP contribution in [-0.4, -0.2) is 30.8 Å². The van der Waals surface area contributed by atoms with Crippen molar-refractivity contribution in [3.05, 3.63) is 65.5 Å². The van der Waals surface area contributed by atoms with Crippen molar-refractivity contribution in [1.82, 2.24) is 5.01 Å². The van der Waals surface area contributed by atoms with E-state index < -0.39 is 10.0 Å². The van der Waals surface area contributed by atoms with Gasteiger partial charge in [0.2, 0.25) is 15.9 Å². The number of amides is 1. The summed E-state index contributed by atoms with van der Waals surface area (Å²) in [4.78, 5) is 12.0. The zero-order valence-electron chi connectivity index (χ0n) is 15.0. The first-order chi connectivity index (χ1) is 12.8. The van der Waals surface area contributed by atoms with Crippen LogP contribution in [0.2, 0.25) is 0 Å². The summed E-state index contributed by atoms with van der Waals surface area (Å²) in [7, 11) is -3.34. The van der Waals surface area contributed by atoms with Crippen molar-refractivity contribution < 1.29 is 17.6 Å². The highest BCUT2D eigenvalue weighted by molar-refractivity contribution is 7.92. The molecule has 0 radical (unpaired) electrons. The fourth-order valence-corrected chi connectivity index (χ4v) is 3.57. The second-order valence-corrected chi connectivity index (χ2v) is 8.28. The van der Waals surface area contributed by atoms with E-state index in [2.05, 4.69) is 9.82 Å². The summed E-state index contributed by atoms with van der Waals surface area (Å²) in [5.41, 5.74) is 2.60. The van der Waals surface area contributed by atoms with Crippen LogP contribution in [0, 0.1) is 5.82 Å². The Kier molecular flexibility index (Phi) is 5.27. The molecule has 0 bridgehead atoms. The molecule has 0 saturated carbocycles. The van der Waals surface area contributed by atoms with Crippen LogP contribution in [0.1, 0.15) is 37.4 Å². The van der Waals surface area contributed by atoms with E-state index in [0.29, 0.717) is 23.4 Å². The van der Waals surface area contributed by atoms with Gasteiger partial charge in [-0.25, -0.2) is 17.8 Å². The molecule has 0 aromatic heterocycles. The number of carbonyl (C=O) groups is 1. The number of benzene rings is 2. The average Bonchev–Trinajstić information content (AvgIpc) is 3.08. The second-order valence-electron chi connectivity index (χ2n) is 6.27. The van der Waals surface area contributed by atoms with Gasteiger partial charge in [0.15, 0.2) is 0 Å². The smallest absolute Gasteiger partial charge is 0.240 e. The molecule has 27 heavy (non-hydrogen) atoms. The van der Waals surface area contributed by atoms with Gasteiger partial charge < -0.3 is 0 Å². The molecule has 2 aromatic rings. The van der Waals surface area contributed by atoms with Crippen LogP contribution in [-0.2, 0) is 14.8 Å². The molecule has 1 N–H and O–H groups in total. The fraction of sp³-hybridized carbons (Fsp3) is 0.263. The first kappa shape index (κ1) is 19.0. The number of hydrogen-bond donors (Lipinski definition) is 1. The molecule has 0 saturated heterocycles. The van der Waals surface area contributed by atoms with Gasteiger partial charge in [-0.3, -0.25) is 9.52 Å². The van der Waals surface area contributed by atoms with Crippen molar-refractivity contribution in [2.45, 2.75) is 26.3 Å². The van der Waals surface area contributed by atoms with E-state index in [-0.39, 0.29) is 23.5 Å². The first-order valence-electron chi connectivity index (χ1n) is 8.52. The van der Waals surface area contributed by atoms with E-state index in [1.54, 1.807) is 43.3 Å². The second kappa shape index (κ2) is 7.48. The van der Waals surface area contributed by atoms with Crippen molar-refractivity contribution in [3.63, 3.8) is 0 Å². The standard InChI is InChI=1S/C19H20FN3O3S/c1-3-27(25,26)22-17-9-7-14(8-10-17)18-12-19(23(21-18)13(2)24)15-5-4-6-16(20)11-15/h4-11,19,22H,3,12H2,1-2H3. The number of anilines is 1. The molecule has 0 fully saturated rings. The Balaban J connectivity index is 1.84. The van der Waals surface area contributed by atoms with Gasteiger partial charge in [-0.2, -0.15) is 5.10 Å². The van der Waals surface area contributed by atoms with E-state index in [1.807, 2.05) is 0 Å². The molecule has 0 aliphatic carbocycles. The summed E-state index contributed by atoms with van der Waals surface area (Å²) >= 11 is 0. The van der Waals surface area contributed by atoms with Crippen LogP contribution < -0.4 is 4.72 Å². The molecule has 6 nitrogen and oxygen atoms in total. The summed E-state index contributed by atoms with van der Waals surface area (Å²) < 4.78 is 39.4. The highest BCUT2D eigenvalue weighted by Crippen LogP contribution is 2.33. The van der Waals surface area contributed by atoms with E-state index in [1.165, 1.54) is 24.1 Å². The third-order valence-corrected chi connectivity index (χ3v) is 5.64. The van der Waals surface area contributed by atoms with Gasteiger partial charge in [0, 0.05) is 19.0 Å². The molecule has 1 unspecified atom stereocenters. The van der Waals surface area contributed by atoms with Gasteiger partial charge in [-0.1, -0.05) is 24.3 Å². The van der Waals surface area contributed by atoms with Gasteiger partial charge in [0.05, 0.1) is 17.5 Å². The van der Waals surface area contributed by atoms with E-state index >= 15 is 0 Å². The zero-order valence-corrected chi connectivity index (χ0v) is 15.8. The van der Waals surface area contributed by atoms with Gasteiger partial charge >= 0.3 is 0 Å². The third kappa shape index (κ3) is 4.33. The van der Waals surface area contributed by atoms with Crippen molar-refractivity contribution >= 4 is 27.3 Å².